The van der Waals surface area contributed by atoms with E-state index in [4.69, 9.17) is 17.0 Å². The molecule has 0 aromatic heterocycles. The standard InChI is InChI=1S/C23H33FN4O2S/c24-18-7-9-19(10-8-18)26-23(31)28-13-11-27(12-14-28)21(17-4-1-2-5-17)22(29)25-16-20-6-3-15-30-20/h7-10,17,20-21H,1-6,11-16H2,(H,25,29)(H,26,31). The molecule has 1 aromatic carbocycles. The maximum Gasteiger partial charge on any atom is 0.237 e. The predicted molar refractivity (Wildman–Crippen MR) is 123 cm³/mol. The molecule has 2 aliphatic heterocycles. The number of carbonyl (C=O) groups is 1. The first-order chi connectivity index (χ1) is 15.1. The Labute approximate surface area is 189 Å². The second kappa shape index (κ2) is 10.7. The van der Waals surface area contributed by atoms with Crippen molar-refractivity contribution in [2.24, 2.45) is 5.92 Å². The maximum atomic E-state index is 13.2. The van der Waals surface area contributed by atoms with Gasteiger partial charge in [0.1, 0.15) is 5.82 Å². The molecule has 1 amide bonds. The first kappa shape index (κ1) is 22.4. The van der Waals surface area contributed by atoms with Crippen LogP contribution in [0.1, 0.15) is 38.5 Å². The van der Waals surface area contributed by atoms with Crippen LogP contribution in [0.5, 0.6) is 0 Å². The van der Waals surface area contributed by atoms with Crippen molar-refractivity contribution in [3.63, 3.8) is 0 Å². The summed E-state index contributed by atoms with van der Waals surface area (Å²) in [7, 11) is 0. The van der Waals surface area contributed by atoms with Gasteiger partial charge in [-0.2, -0.15) is 0 Å². The minimum Gasteiger partial charge on any atom is -0.376 e. The summed E-state index contributed by atoms with van der Waals surface area (Å²) in [5, 5.41) is 7.02. The van der Waals surface area contributed by atoms with E-state index >= 15 is 0 Å². The normalized spacial score (nSPS) is 23.6. The number of anilines is 1. The van der Waals surface area contributed by atoms with E-state index in [1.807, 2.05) is 0 Å². The van der Waals surface area contributed by atoms with E-state index in [1.54, 1.807) is 12.1 Å². The summed E-state index contributed by atoms with van der Waals surface area (Å²) in [6.07, 6.45) is 6.97. The lowest BCUT2D eigenvalue weighted by atomic mass is 9.95. The van der Waals surface area contributed by atoms with Crippen LogP contribution < -0.4 is 10.6 Å². The third-order valence-corrected chi connectivity index (χ3v) is 7.09. The molecule has 0 spiro atoms. The van der Waals surface area contributed by atoms with Crippen LogP contribution in [-0.4, -0.2) is 72.3 Å². The highest BCUT2D eigenvalue weighted by atomic mass is 32.1. The van der Waals surface area contributed by atoms with Gasteiger partial charge in [0.15, 0.2) is 5.11 Å². The van der Waals surface area contributed by atoms with Gasteiger partial charge >= 0.3 is 0 Å². The zero-order chi connectivity index (χ0) is 21.6. The Balaban J connectivity index is 1.31. The van der Waals surface area contributed by atoms with E-state index in [9.17, 15) is 9.18 Å². The minimum absolute atomic E-state index is 0.0651. The number of benzene rings is 1. The van der Waals surface area contributed by atoms with Crippen LogP contribution in [0, 0.1) is 11.7 Å². The molecule has 8 heteroatoms. The van der Waals surface area contributed by atoms with Gasteiger partial charge in [-0.25, -0.2) is 4.39 Å². The Morgan fingerprint density at radius 1 is 1.10 bits per heavy atom. The average Bonchev–Trinajstić information content (AvgIpc) is 3.49. The van der Waals surface area contributed by atoms with Crippen LogP contribution in [0.15, 0.2) is 24.3 Å². The van der Waals surface area contributed by atoms with Crippen molar-refractivity contribution in [1.29, 1.82) is 0 Å². The van der Waals surface area contributed by atoms with E-state index in [0.29, 0.717) is 17.6 Å². The summed E-state index contributed by atoms with van der Waals surface area (Å²) in [6, 6.07) is 6.15. The van der Waals surface area contributed by atoms with Crippen LogP contribution in [0.3, 0.4) is 0 Å². The third kappa shape index (κ3) is 5.93. The van der Waals surface area contributed by atoms with Crippen molar-refractivity contribution >= 4 is 28.9 Å². The fraction of sp³-hybridized carbons (Fsp3) is 0.652. The molecule has 6 nitrogen and oxygen atoms in total. The summed E-state index contributed by atoms with van der Waals surface area (Å²) in [5.74, 6) is 0.323. The van der Waals surface area contributed by atoms with E-state index in [1.165, 1.54) is 25.0 Å². The first-order valence-electron chi connectivity index (χ1n) is 11.5. The number of piperazine rings is 1. The van der Waals surface area contributed by atoms with Gasteiger partial charge in [-0.1, -0.05) is 12.8 Å². The summed E-state index contributed by atoms with van der Waals surface area (Å²) in [5.41, 5.74) is 0.783. The molecule has 2 atom stereocenters. The van der Waals surface area contributed by atoms with Crippen molar-refractivity contribution < 1.29 is 13.9 Å². The van der Waals surface area contributed by atoms with Crippen LogP contribution in [0.2, 0.25) is 0 Å². The third-order valence-electron chi connectivity index (χ3n) is 6.73. The SMILES string of the molecule is O=C(NCC1CCCO1)C(C1CCCC1)N1CCN(C(=S)Nc2ccc(F)cc2)CC1. The molecule has 2 saturated heterocycles. The number of carbonyl (C=O) groups excluding carboxylic acids is 1. The quantitative estimate of drug-likeness (QED) is 0.653. The number of amides is 1. The van der Waals surface area contributed by atoms with Gasteiger partial charge in [-0.15, -0.1) is 0 Å². The number of ether oxygens (including phenoxy) is 1. The lowest BCUT2D eigenvalue weighted by Gasteiger charge is -2.41. The second-order valence-corrected chi connectivity index (χ2v) is 9.22. The van der Waals surface area contributed by atoms with Gasteiger partial charge in [0.2, 0.25) is 5.91 Å². The molecular formula is C23H33FN4O2S. The smallest absolute Gasteiger partial charge is 0.237 e. The molecule has 2 unspecified atom stereocenters. The van der Waals surface area contributed by atoms with Crippen molar-refractivity contribution in [2.45, 2.75) is 50.7 Å². The Bertz CT molecular complexity index is 742. The summed E-state index contributed by atoms with van der Waals surface area (Å²) < 4.78 is 18.8. The Morgan fingerprint density at radius 3 is 2.45 bits per heavy atom. The lowest BCUT2D eigenvalue weighted by molar-refractivity contribution is -0.129. The highest BCUT2D eigenvalue weighted by molar-refractivity contribution is 7.80. The number of rotatable bonds is 6. The van der Waals surface area contributed by atoms with Crippen LogP contribution in [0.25, 0.3) is 0 Å². The topological polar surface area (TPSA) is 56.8 Å². The Hall–Kier alpha value is -1.77. The molecule has 170 valence electrons. The lowest BCUT2D eigenvalue weighted by Crippen LogP contribution is -2.58. The number of halogens is 1. The monoisotopic (exact) mass is 448 g/mol. The Morgan fingerprint density at radius 2 is 1.81 bits per heavy atom. The molecule has 1 aromatic rings. The number of thiocarbonyl (C=S) groups is 1. The van der Waals surface area contributed by atoms with Crippen molar-refractivity contribution in [1.82, 2.24) is 15.1 Å². The number of nitrogens with one attached hydrogen (secondary N) is 2. The Kier molecular flexibility index (Phi) is 7.74. The molecule has 0 bridgehead atoms. The van der Waals surface area contributed by atoms with Gasteiger partial charge in [0, 0.05) is 45.0 Å². The molecule has 2 heterocycles. The molecular weight excluding hydrogens is 415 g/mol. The number of nitrogens with zero attached hydrogens (tertiary/aromatic N) is 2. The fourth-order valence-corrected chi connectivity index (χ4v) is 5.31. The fourth-order valence-electron chi connectivity index (χ4n) is 5.01. The molecule has 4 rings (SSSR count). The summed E-state index contributed by atoms with van der Waals surface area (Å²) >= 11 is 5.56. The zero-order valence-electron chi connectivity index (χ0n) is 18.0. The van der Waals surface area contributed by atoms with Crippen LogP contribution in [-0.2, 0) is 9.53 Å². The summed E-state index contributed by atoms with van der Waals surface area (Å²) in [4.78, 5) is 17.7. The highest BCUT2D eigenvalue weighted by Gasteiger charge is 2.37. The van der Waals surface area contributed by atoms with Crippen molar-refractivity contribution in [3.8, 4) is 0 Å². The predicted octanol–water partition coefficient (Wildman–Crippen LogP) is 2.99. The van der Waals surface area contributed by atoms with Crippen LogP contribution >= 0.6 is 12.2 Å². The molecule has 1 saturated carbocycles. The number of hydrogen-bond acceptors (Lipinski definition) is 4. The summed E-state index contributed by atoms with van der Waals surface area (Å²) in [6.45, 7) is 4.58. The van der Waals surface area contributed by atoms with E-state index in [2.05, 4.69) is 20.4 Å². The van der Waals surface area contributed by atoms with E-state index < -0.39 is 0 Å². The largest absolute Gasteiger partial charge is 0.376 e. The van der Waals surface area contributed by atoms with Crippen molar-refractivity contribution in [2.75, 3.05) is 44.6 Å². The van der Waals surface area contributed by atoms with E-state index in [-0.39, 0.29) is 23.9 Å². The molecule has 3 aliphatic rings. The van der Waals surface area contributed by atoms with Crippen molar-refractivity contribution in [3.05, 3.63) is 30.1 Å². The molecule has 3 fully saturated rings. The van der Waals surface area contributed by atoms with Gasteiger partial charge in [0.25, 0.3) is 0 Å². The molecule has 2 N–H and O–H groups in total. The average molecular weight is 449 g/mol. The van der Waals surface area contributed by atoms with Gasteiger partial charge < -0.3 is 20.3 Å². The first-order valence-corrected chi connectivity index (χ1v) is 12.0. The second-order valence-electron chi connectivity index (χ2n) is 8.83. The molecule has 31 heavy (non-hydrogen) atoms. The zero-order valence-corrected chi connectivity index (χ0v) is 18.8. The number of hydrogen-bond donors (Lipinski definition) is 2. The van der Waals surface area contributed by atoms with Gasteiger partial charge in [0.05, 0.1) is 12.1 Å². The van der Waals surface area contributed by atoms with Gasteiger partial charge in [-0.3, -0.25) is 9.69 Å². The molecule has 0 radical (unpaired) electrons. The van der Waals surface area contributed by atoms with E-state index in [0.717, 1.165) is 64.2 Å². The van der Waals surface area contributed by atoms with Crippen LogP contribution in [0.4, 0.5) is 10.1 Å². The minimum atomic E-state index is -0.263. The van der Waals surface area contributed by atoms with Gasteiger partial charge in [-0.05, 0) is 68.1 Å². The molecule has 1 aliphatic carbocycles. The highest BCUT2D eigenvalue weighted by Crippen LogP contribution is 2.31. The maximum absolute atomic E-state index is 13.2.